The molecular formula is C26H33N3O3. The fourth-order valence-electron chi connectivity index (χ4n) is 5.41. The summed E-state index contributed by atoms with van der Waals surface area (Å²) in [5.74, 6) is 0.670. The van der Waals surface area contributed by atoms with E-state index in [2.05, 4.69) is 41.1 Å². The van der Waals surface area contributed by atoms with Gasteiger partial charge in [-0.1, -0.05) is 24.3 Å². The summed E-state index contributed by atoms with van der Waals surface area (Å²) in [4.78, 5) is 19.8. The monoisotopic (exact) mass is 435 g/mol. The van der Waals surface area contributed by atoms with Crippen molar-refractivity contribution in [3.05, 3.63) is 47.7 Å². The highest BCUT2D eigenvalue weighted by Gasteiger charge is 2.50. The van der Waals surface area contributed by atoms with Crippen LogP contribution in [-0.4, -0.2) is 53.2 Å². The fraction of sp³-hybridized carbons (Fsp3) is 0.538. The van der Waals surface area contributed by atoms with Crippen molar-refractivity contribution >= 4 is 11.6 Å². The molecule has 0 amide bonds. The van der Waals surface area contributed by atoms with E-state index in [0.29, 0.717) is 35.2 Å². The summed E-state index contributed by atoms with van der Waals surface area (Å²) in [6, 6.07) is 10.8. The van der Waals surface area contributed by atoms with Crippen LogP contribution < -0.4 is 5.73 Å². The number of hydrogen-bond acceptors (Lipinski definition) is 6. The summed E-state index contributed by atoms with van der Waals surface area (Å²) < 4.78 is 5.38. The number of hydrogen-bond donors (Lipinski definition) is 2. The Kier molecular flexibility index (Phi) is 5.78. The van der Waals surface area contributed by atoms with Crippen molar-refractivity contribution < 1.29 is 14.6 Å². The molecule has 5 rings (SSSR count). The van der Waals surface area contributed by atoms with Gasteiger partial charge in [0.2, 0.25) is 0 Å². The van der Waals surface area contributed by atoms with E-state index in [1.165, 1.54) is 5.56 Å². The van der Waals surface area contributed by atoms with E-state index in [1.54, 1.807) is 6.20 Å². The van der Waals surface area contributed by atoms with Crippen LogP contribution in [0.25, 0.3) is 11.1 Å². The molecule has 1 aromatic heterocycles. The van der Waals surface area contributed by atoms with E-state index in [1.807, 2.05) is 6.07 Å². The lowest BCUT2D eigenvalue weighted by atomic mass is 9.76. The fourth-order valence-corrected chi connectivity index (χ4v) is 5.41. The molecule has 1 aromatic carbocycles. The first-order valence-corrected chi connectivity index (χ1v) is 11.8. The van der Waals surface area contributed by atoms with Gasteiger partial charge in [-0.05, 0) is 55.7 Å². The van der Waals surface area contributed by atoms with Crippen LogP contribution in [0.15, 0.2) is 36.5 Å². The number of aromatic nitrogens is 1. The Balaban J connectivity index is 1.26. The summed E-state index contributed by atoms with van der Waals surface area (Å²) in [5, 5.41) is 9.70. The molecule has 6 heteroatoms. The number of likely N-dealkylation sites (tertiary alicyclic amines) is 1. The highest BCUT2D eigenvalue weighted by atomic mass is 16.5. The zero-order valence-electron chi connectivity index (χ0n) is 18.8. The topological polar surface area (TPSA) is 88.7 Å². The van der Waals surface area contributed by atoms with Crippen LogP contribution >= 0.6 is 0 Å². The Labute approximate surface area is 189 Å². The average molecular weight is 436 g/mol. The number of anilines is 1. The van der Waals surface area contributed by atoms with Crippen molar-refractivity contribution in [2.24, 2.45) is 11.3 Å². The number of aliphatic hydroxyl groups excluding tert-OH is 1. The molecule has 1 saturated carbocycles. The second kappa shape index (κ2) is 8.58. The van der Waals surface area contributed by atoms with Crippen LogP contribution in [0.3, 0.4) is 0 Å². The highest BCUT2D eigenvalue weighted by molar-refractivity contribution is 6.01. The molecule has 6 nitrogen and oxygen atoms in total. The van der Waals surface area contributed by atoms with E-state index >= 15 is 0 Å². The van der Waals surface area contributed by atoms with Crippen molar-refractivity contribution in [1.82, 2.24) is 9.88 Å². The van der Waals surface area contributed by atoms with E-state index in [-0.39, 0.29) is 11.9 Å². The van der Waals surface area contributed by atoms with Crippen molar-refractivity contribution in [2.45, 2.75) is 51.2 Å². The van der Waals surface area contributed by atoms with Gasteiger partial charge in [-0.25, -0.2) is 4.98 Å². The standard InChI is InChI=1S/C26H33N3O3/c1-17(29-13-26(14-29)15-32-16-26)19-4-6-20(7-5-19)21-11-23(25(27)28-12-21)24(31)10-18-2-8-22(30)9-3-18/h4-7,11-12,17-18,22,30H,2-3,8-10,13-16H2,1H3,(H2,27,28)/t17-,18?,22?/m0/s1. The smallest absolute Gasteiger partial charge is 0.166 e. The quantitative estimate of drug-likeness (QED) is 0.670. The van der Waals surface area contributed by atoms with Gasteiger partial charge in [0.15, 0.2) is 5.78 Å². The summed E-state index contributed by atoms with van der Waals surface area (Å²) in [7, 11) is 0. The maximum atomic E-state index is 12.9. The summed E-state index contributed by atoms with van der Waals surface area (Å²) >= 11 is 0. The number of carbonyl (C=O) groups is 1. The number of aliphatic hydroxyl groups is 1. The Morgan fingerprint density at radius 2 is 1.88 bits per heavy atom. The van der Waals surface area contributed by atoms with Crippen molar-refractivity contribution in [2.75, 3.05) is 32.0 Å². The Morgan fingerprint density at radius 3 is 2.50 bits per heavy atom. The maximum absolute atomic E-state index is 12.9. The molecule has 0 unspecified atom stereocenters. The minimum Gasteiger partial charge on any atom is -0.393 e. The molecule has 1 aliphatic carbocycles. The summed E-state index contributed by atoms with van der Waals surface area (Å²) in [5.41, 5.74) is 10.2. The Bertz CT molecular complexity index is 970. The van der Waals surface area contributed by atoms with Gasteiger partial charge in [0.1, 0.15) is 5.82 Å². The van der Waals surface area contributed by atoms with Crippen LogP contribution in [0.4, 0.5) is 5.82 Å². The van der Waals surface area contributed by atoms with Crippen LogP contribution in [0, 0.1) is 11.3 Å². The van der Waals surface area contributed by atoms with E-state index < -0.39 is 0 Å². The first kappa shape index (κ1) is 21.6. The number of ether oxygens (including phenoxy) is 1. The summed E-state index contributed by atoms with van der Waals surface area (Å²) in [6.07, 6.45) is 5.36. The van der Waals surface area contributed by atoms with Crippen LogP contribution in [-0.2, 0) is 4.74 Å². The molecule has 2 saturated heterocycles. The lowest BCUT2D eigenvalue weighted by molar-refractivity contribution is -0.197. The molecule has 2 aromatic rings. The predicted octanol–water partition coefficient (Wildman–Crippen LogP) is 3.85. The van der Waals surface area contributed by atoms with E-state index in [4.69, 9.17) is 10.5 Å². The number of pyridine rings is 1. The molecule has 3 N–H and O–H groups in total. The molecule has 3 fully saturated rings. The molecule has 1 atom stereocenters. The first-order chi connectivity index (χ1) is 15.4. The second-order valence-electron chi connectivity index (χ2n) is 10.2. The molecule has 2 aliphatic heterocycles. The van der Waals surface area contributed by atoms with E-state index in [9.17, 15) is 9.90 Å². The zero-order valence-corrected chi connectivity index (χ0v) is 18.8. The molecular weight excluding hydrogens is 402 g/mol. The molecule has 32 heavy (non-hydrogen) atoms. The third-order valence-corrected chi connectivity index (χ3v) is 7.68. The van der Waals surface area contributed by atoms with E-state index in [0.717, 1.165) is 63.1 Å². The third kappa shape index (κ3) is 4.19. The second-order valence-corrected chi connectivity index (χ2v) is 10.2. The van der Waals surface area contributed by atoms with Crippen LogP contribution in [0.2, 0.25) is 0 Å². The molecule has 0 bridgehead atoms. The molecule has 3 aliphatic rings. The largest absolute Gasteiger partial charge is 0.393 e. The predicted molar refractivity (Wildman–Crippen MR) is 124 cm³/mol. The maximum Gasteiger partial charge on any atom is 0.166 e. The van der Waals surface area contributed by atoms with Gasteiger partial charge in [-0.2, -0.15) is 0 Å². The Hall–Kier alpha value is -2.28. The SMILES string of the molecule is C[C@@H](c1ccc(-c2cnc(N)c(C(=O)CC3CCC(O)CC3)c2)cc1)N1CC2(COC2)C1. The van der Waals surface area contributed by atoms with Crippen molar-refractivity contribution in [3.8, 4) is 11.1 Å². The van der Waals surface area contributed by atoms with Gasteiger partial charge in [-0.15, -0.1) is 0 Å². The molecule has 170 valence electrons. The van der Waals surface area contributed by atoms with Gasteiger partial charge in [0.25, 0.3) is 0 Å². The first-order valence-electron chi connectivity index (χ1n) is 11.8. The van der Waals surface area contributed by atoms with Gasteiger partial charge in [0.05, 0.1) is 24.9 Å². The average Bonchev–Trinajstić information content (AvgIpc) is 2.74. The zero-order chi connectivity index (χ0) is 22.3. The normalized spacial score (nSPS) is 25.7. The summed E-state index contributed by atoms with van der Waals surface area (Å²) in [6.45, 7) is 6.30. The van der Waals surface area contributed by atoms with Gasteiger partial charge >= 0.3 is 0 Å². The minimum absolute atomic E-state index is 0.0511. The lowest BCUT2D eigenvalue weighted by Crippen LogP contribution is -2.66. The number of rotatable bonds is 6. The third-order valence-electron chi connectivity index (χ3n) is 7.68. The molecule has 3 heterocycles. The minimum atomic E-state index is -0.212. The van der Waals surface area contributed by atoms with Gasteiger partial charge < -0.3 is 15.6 Å². The number of nitrogen functional groups attached to an aromatic ring is 1. The van der Waals surface area contributed by atoms with Crippen LogP contribution in [0.5, 0.6) is 0 Å². The van der Waals surface area contributed by atoms with Crippen molar-refractivity contribution in [3.63, 3.8) is 0 Å². The number of Topliss-reactive ketones (excluding diaryl/α,β-unsaturated/α-hetero) is 1. The highest BCUT2D eigenvalue weighted by Crippen LogP contribution is 2.42. The lowest BCUT2D eigenvalue weighted by Gasteiger charge is -2.57. The number of benzene rings is 1. The number of nitrogens with two attached hydrogens (primary N) is 1. The van der Waals surface area contributed by atoms with Gasteiger partial charge in [0, 0.05) is 42.7 Å². The number of carbonyl (C=O) groups excluding carboxylic acids is 1. The molecule has 0 radical (unpaired) electrons. The molecule has 1 spiro atoms. The number of nitrogens with zero attached hydrogens (tertiary/aromatic N) is 2. The van der Waals surface area contributed by atoms with Gasteiger partial charge in [-0.3, -0.25) is 9.69 Å². The van der Waals surface area contributed by atoms with Crippen molar-refractivity contribution in [1.29, 1.82) is 0 Å². The number of ketones is 1. The van der Waals surface area contributed by atoms with Crippen LogP contribution in [0.1, 0.15) is 61.0 Å². The Morgan fingerprint density at radius 1 is 1.19 bits per heavy atom.